The molecule has 2 atom stereocenters. The Morgan fingerprint density at radius 1 is 0.923 bits per heavy atom. The number of carbonyl (C=O) groups excluding carboxylic acids is 3. The molecule has 2 aliphatic rings. The number of hydrogen-bond acceptors (Lipinski definition) is 8. The van der Waals surface area contributed by atoms with Gasteiger partial charge >= 0.3 is 6.09 Å². The Kier molecular flexibility index (Phi) is 12.8. The van der Waals surface area contributed by atoms with Crippen molar-refractivity contribution in [1.29, 1.82) is 0 Å². The summed E-state index contributed by atoms with van der Waals surface area (Å²) in [5, 5.41) is 9.23. The van der Waals surface area contributed by atoms with E-state index in [0.29, 0.717) is 55.4 Å². The van der Waals surface area contributed by atoms with Gasteiger partial charge in [-0.25, -0.2) is 4.79 Å². The summed E-state index contributed by atoms with van der Waals surface area (Å²) in [5.74, 6) is 0.247. The third-order valence-corrected chi connectivity index (χ3v) is 9.42. The number of anilines is 2. The van der Waals surface area contributed by atoms with Gasteiger partial charge in [-0.3, -0.25) is 9.59 Å². The highest BCUT2D eigenvalue weighted by Crippen LogP contribution is 2.42. The van der Waals surface area contributed by atoms with Gasteiger partial charge in [-0.15, -0.1) is 0 Å². The Labute approximate surface area is 307 Å². The minimum atomic E-state index is -0.678. The molecule has 1 N–H and O–H groups in total. The lowest BCUT2D eigenvalue weighted by molar-refractivity contribution is -0.124. The number of rotatable bonds is 14. The molecule has 0 radical (unpaired) electrons. The zero-order valence-corrected chi connectivity index (χ0v) is 31.3. The molecule has 280 valence electrons. The first-order chi connectivity index (χ1) is 24.9. The van der Waals surface area contributed by atoms with Crippen LogP contribution >= 0.6 is 0 Å². The van der Waals surface area contributed by atoms with Crippen molar-refractivity contribution in [2.45, 2.75) is 70.9 Å². The second-order valence-corrected chi connectivity index (χ2v) is 14.5. The van der Waals surface area contributed by atoms with Gasteiger partial charge in [0.25, 0.3) is 0 Å². The lowest BCUT2D eigenvalue weighted by atomic mass is 9.78. The average molecular weight is 716 g/mol. The van der Waals surface area contributed by atoms with Crippen LogP contribution in [-0.2, 0) is 19.1 Å². The van der Waals surface area contributed by atoms with Crippen LogP contribution in [0.25, 0.3) is 11.1 Å². The van der Waals surface area contributed by atoms with Crippen molar-refractivity contribution in [3.63, 3.8) is 0 Å². The van der Waals surface area contributed by atoms with Gasteiger partial charge in [-0.2, -0.15) is 0 Å². The molecule has 11 nitrogen and oxygen atoms in total. The van der Waals surface area contributed by atoms with Gasteiger partial charge < -0.3 is 38.8 Å². The molecule has 0 unspecified atom stereocenters. The molecule has 1 aliphatic carbocycles. The van der Waals surface area contributed by atoms with E-state index in [1.165, 1.54) is 6.92 Å². The zero-order chi connectivity index (χ0) is 37.4. The number of piperidine rings is 1. The molecule has 3 amide bonds. The van der Waals surface area contributed by atoms with Crippen molar-refractivity contribution < 1.29 is 38.4 Å². The molecule has 0 bridgehead atoms. The quantitative estimate of drug-likeness (QED) is 0.184. The van der Waals surface area contributed by atoms with Crippen LogP contribution in [0.2, 0.25) is 0 Å². The van der Waals surface area contributed by atoms with Gasteiger partial charge in [0.05, 0.1) is 25.3 Å². The normalized spacial score (nSPS) is 17.3. The highest BCUT2D eigenvalue weighted by Gasteiger charge is 2.44. The van der Waals surface area contributed by atoms with E-state index >= 15 is 4.79 Å². The van der Waals surface area contributed by atoms with Crippen LogP contribution in [0.15, 0.2) is 66.7 Å². The molecule has 1 heterocycles. The summed E-state index contributed by atoms with van der Waals surface area (Å²) in [4.78, 5) is 46.6. The third kappa shape index (κ3) is 9.63. The predicted octanol–water partition coefficient (Wildman–Crippen LogP) is 6.66. The van der Waals surface area contributed by atoms with E-state index in [4.69, 9.17) is 18.9 Å². The number of likely N-dealkylation sites (tertiary alicyclic amines) is 1. The molecule has 3 aromatic rings. The highest BCUT2D eigenvalue weighted by molar-refractivity contribution is 5.99. The molecule has 0 aromatic heterocycles. The number of methoxy groups -OCH3 is 2. The van der Waals surface area contributed by atoms with Crippen LogP contribution in [0.3, 0.4) is 0 Å². The number of benzene rings is 3. The predicted molar refractivity (Wildman–Crippen MR) is 201 cm³/mol. The molecule has 2 fully saturated rings. The van der Waals surface area contributed by atoms with E-state index < -0.39 is 17.6 Å². The second kappa shape index (κ2) is 17.3. The third-order valence-electron chi connectivity index (χ3n) is 9.42. The Morgan fingerprint density at radius 2 is 1.65 bits per heavy atom. The minimum Gasteiger partial charge on any atom is -0.495 e. The molecule has 1 aliphatic heterocycles. The van der Waals surface area contributed by atoms with Gasteiger partial charge in [0.15, 0.2) is 0 Å². The number of aliphatic hydroxyl groups is 1. The molecule has 1 saturated heterocycles. The summed E-state index contributed by atoms with van der Waals surface area (Å²) < 4.78 is 22.4. The van der Waals surface area contributed by atoms with Gasteiger partial charge in [0, 0.05) is 52.0 Å². The topological polar surface area (TPSA) is 118 Å². The summed E-state index contributed by atoms with van der Waals surface area (Å²) in [6, 6.07) is 21.5. The van der Waals surface area contributed by atoms with E-state index in [1.807, 2.05) is 80.3 Å². The number of carbonyl (C=O) groups is 3. The fourth-order valence-corrected chi connectivity index (χ4v) is 6.85. The largest absolute Gasteiger partial charge is 0.495 e. The average Bonchev–Trinajstić information content (AvgIpc) is 3.97. The summed E-state index contributed by atoms with van der Waals surface area (Å²) in [6.45, 7) is 8.75. The van der Waals surface area contributed by atoms with E-state index in [9.17, 15) is 14.7 Å². The lowest BCUT2D eigenvalue weighted by Gasteiger charge is -2.40. The van der Waals surface area contributed by atoms with Crippen molar-refractivity contribution in [3.8, 4) is 22.6 Å². The number of ether oxygens (including phenoxy) is 4. The Bertz CT molecular complexity index is 1700. The number of nitrogens with zero attached hydrogens (tertiary/aromatic N) is 3. The first-order valence-electron chi connectivity index (χ1n) is 18.1. The summed E-state index contributed by atoms with van der Waals surface area (Å²) in [5.41, 5.74) is 3.54. The zero-order valence-electron chi connectivity index (χ0n) is 31.3. The van der Waals surface area contributed by atoms with Crippen molar-refractivity contribution in [3.05, 3.63) is 72.3 Å². The van der Waals surface area contributed by atoms with Gasteiger partial charge in [-0.05, 0) is 99.4 Å². The van der Waals surface area contributed by atoms with Crippen molar-refractivity contribution in [2.24, 2.45) is 5.92 Å². The number of hydrogen-bond donors (Lipinski definition) is 1. The Balaban J connectivity index is 1.52. The van der Waals surface area contributed by atoms with Crippen LogP contribution in [0.1, 0.15) is 64.9 Å². The van der Waals surface area contributed by atoms with Crippen LogP contribution in [0.4, 0.5) is 16.2 Å². The fourth-order valence-electron chi connectivity index (χ4n) is 6.85. The molecule has 1 saturated carbocycles. The summed E-state index contributed by atoms with van der Waals surface area (Å²) >= 11 is 0. The summed E-state index contributed by atoms with van der Waals surface area (Å²) in [7, 11) is 3.20. The first kappa shape index (κ1) is 38.6. The van der Waals surface area contributed by atoms with Crippen LogP contribution in [0, 0.1) is 5.92 Å². The monoisotopic (exact) mass is 715 g/mol. The molecule has 0 spiro atoms. The molecular weight excluding hydrogens is 662 g/mol. The van der Waals surface area contributed by atoms with Gasteiger partial charge in [-0.1, -0.05) is 36.4 Å². The van der Waals surface area contributed by atoms with Crippen LogP contribution in [-0.4, -0.2) is 93.2 Å². The first-order valence-corrected chi connectivity index (χ1v) is 18.1. The van der Waals surface area contributed by atoms with Gasteiger partial charge in [0.1, 0.15) is 23.7 Å². The SMILES string of the molecule is COCCCN(C(C)=O)c1cc(N(C(=O)[C@H]2CN(C(=O)OC(C)(C)C)CC[C@@H]2c2cccc(-c3cccc(OCCO)c3)c2)C2CC2)ccc1OC. The van der Waals surface area contributed by atoms with Gasteiger partial charge in [0.2, 0.25) is 11.8 Å². The number of amides is 3. The van der Waals surface area contributed by atoms with Crippen LogP contribution < -0.4 is 19.3 Å². The van der Waals surface area contributed by atoms with E-state index in [2.05, 4.69) is 12.1 Å². The molecule has 52 heavy (non-hydrogen) atoms. The van der Waals surface area contributed by atoms with Crippen LogP contribution in [0.5, 0.6) is 11.5 Å². The number of aliphatic hydroxyl groups excluding tert-OH is 1. The summed E-state index contributed by atoms with van der Waals surface area (Å²) in [6.07, 6.45) is 2.49. The highest BCUT2D eigenvalue weighted by atomic mass is 16.6. The molecule has 3 aromatic carbocycles. The Hall–Kier alpha value is -4.61. The fraction of sp³-hybridized carbons (Fsp3) is 0.488. The molecule has 5 rings (SSSR count). The minimum absolute atomic E-state index is 0.00133. The maximum atomic E-state index is 15.1. The lowest BCUT2D eigenvalue weighted by Crippen LogP contribution is -2.51. The van der Waals surface area contributed by atoms with E-state index in [1.54, 1.807) is 24.0 Å². The van der Waals surface area contributed by atoms with Crippen molar-refractivity contribution in [1.82, 2.24) is 4.90 Å². The standard InChI is InChI=1S/C41H53N3O8/c1-28(46)43(19-9-22-49-5)37-26-33(16-17-38(37)50-6)44(32-14-15-32)39(47)36-27-42(40(48)52-41(2,3)4)20-18-35(36)31-12-7-10-29(24-31)30-11-8-13-34(25-30)51-23-21-45/h7-8,10-13,16-17,24-26,32,35-36,45H,9,14-15,18-23,27H2,1-6H3/t35-,36+/m1/s1. The van der Waals surface area contributed by atoms with E-state index in [0.717, 1.165) is 29.5 Å². The second-order valence-electron chi connectivity index (χ2n) is 14.5. The van der Waals surface area contributed by atoms with Crippen molar-refractivity contribution in [2.75, 3.05) is 63.5 Å². The maximum absolute atomic E-state index is 15.1. The Morgan fingerprint density at radius 3 is 2.31 bits per heavy atom. The van der Waals surface area contributed by atoms with Crippen molar-refractivity contribution >= 4 is 29.3 Å². The molecular formula is C41H53N3O8. The maximum Gasteiger partial charge on any atom is 0.410 e. The van der Waals surface area contributed by atoms with E-state index in [-0.39, 0.29) is 43.5 Å². The smallest absolute Gasteiger partial charge is 0.410 e. The molecule has 11 heteroatoms.